The Bertz CT molecular complexity index is 195. The number of aryl methyl sites for hydroxylation is 1. The van der Waals surface area contributed by atoms with Gasteiger partial charge in [0.25, 0.3) is 0 Å². The quantitative estimate of drug-likeness (QED) is 0.505. The van der Waals surface area contributed by atoms with Gasteiger partial charge in [-0.2, -0.15) is 0 Å². The van der Waals surface area contributed by atoms with Crippen molar-refractivity contribution in [3.8, 4) is 0 Å². The zero-order valence-corrected chi connectivity index (χ0v) is 12.4. The maximum Gasteiger partial charge on any atom is 1.00 e. The van der Waals surface area contributed by atoms with Crippen LogP contribution in [0.2, 0.25) is 0 Å². The van der Waals surface area contributed by atoms with Crippen LogP contribution in [0.25, 0.3) is 0 Å². The molecule has 13 heavy (non-hydrogen) atoms. The zero-order chi connectivity index (χ0) is 9.61. The van der Waals surface area contributed by atoms with Crippen LogP contribution in [0.4, 0.5) is 0 Å². The van der Waals surface area contributed by atoms with E-state index in [1.165, 1.54) is 5.56 Å². The van der Waals surface area contributed by atoms with Gasteiger partial charge in [-0.25, -0.2) is 0 Å². The van der Waals surface area contributed by atoms with Crippen LogP contribution in [-0.2, 0) is 0 Å². The SMILES string of the molecule is CC(C)(C)[O-].Cc1ccccc1.[K+]. The molecule has 1 nitrogen and oxygen atoms in total. The summed E-state index contributed by atoms with van der Waals surface area (Å²) in [4.78, 5) is 0. The Kier molecular flexibility index (Phi) is 10.2. The Morgan fingerprint density at radius 2 is 1.31 bits per heavy atom. The second-order valence-corrected chi connectivity index (χ2v) is 3.77. The van der Waals surface area contributed by atoms with Crippen LogP contribution in [0.1, 0.15) is 26.3 Å². The molecule has 0 aromatic heterocycles. The van der Waals surface area contributed by atoms with Gasteiger partial charge in [0.1, 0.15) is 0 Å². The van der Waals surface area contributed by atoms with E-state index in [-0.39, 0.29) is 51.4 Å². The van der Waals surface area contributed by atoms with Gasteiger partial charge in [-0.3, -0.25) is 0 Å². The van der Waals surface area contributed by atoms with Crippen LogP contribution in [-0.4, -0.2) is 5.60 Å². The van der Waals surface area contributed by atoms with Crippen molar-refractivity contribution in [2.45, 2.75) is 33.3 Å². The van der Waals surface area contributed by atoms with Crippen molar-refractivity contribution in [3.63, 3.8) is 0 Å². The summed E-state index contributed by atoms with van der Waals surface area (Å²) in [6, 6.07) is 10.3. The summed E-state index contributed by atoms with van der Waals surface area (Å²) in [5.41, 5.74) is 0.572. The van der Waals surface area contributed by atoms with Gasteiger partial charge in [0.15, 0.2) is 0 Å². The summed E-state index contributed by atoms with van der Waals surface area (Å²) >= 11 is 0. The molecule has 68 valence electrons. The molecule has 0 atom stereocenters. The molecule has 1 aromatic rings. The van der Waals surface area contributed by atoms with E-state index in [9.17, 15) is 5.11 Å². The standard InChI is InChI=1S/C7H8.C4H9O.K/c1-7-5-3-2-4-6-7;1-4(2,3)5;/h2-6H,1H3;1-3H3;/q;-1;+1. The van der Waals surface area contributed by atoms with Gasteiger partial charge >= 0.3 is 51.4 Å². The van der Waals surface area contributed by atoms with E-state index < -0.39 is 5.60 Å². The summed E-state index contributed by atoms with van der Waals surface area (Å²) in [5.74, 6) is 0. The fourth-order valence-corrected chi connectivity index (χ4v) is 0.534. The summed E-state index contributed by atoms with van der Waals surface area (Å²) in [7, 11) is 0. The van der Waals surface area contributed by atoms with Crippen LogP contribution in [0.5, 0.6) is 0 Å². The molecule has 2 heteroatoms. The minimum absolute atomic E-state index is 0. The monoisotopic (exact) mass is 204 g/mol. The first-order valence-electron chi connectivity index (χ1n) is 4.11. The summed E-state index contributed by atoms with van der Waals surface area (Å²) in [6.07, 6.45) is 0. The molecule has 1 aromatic carbocycles. The molecule has 0 aliphatic carbocycles. The second kappa shape index (κ2) is 8.15. The number of rotatable bonds is 0. The van der Waals surface area contributed by atoms with Gasteiger partial charge in [0.05, 0.1) is 0 Å². The van der Waals surface area contributed by atoms with Crippen molar-refractivity contribution in [1.29, 1.82) is 0 Å². The van der Waals surface area contributed by atoms with Gasteiger partial charge in [-0.1, -0.05) is 56.7 Å². The molecule has 0 aliphatic heterocycles. The molecule has 0 saturated carbocycles. The van der Waals surface area contributed by atoms with Crippen LogP contribution in [0, 0.1) is 6.92 Å². The molecule has 0 fully saturated rings. The molecule has 0 aliphatic rings. The molecule has 0 bridgehead atoms. The van der Waals surface area contributed by atoms with E-state index in [0.717, 1.165) is 0 Å². The summed E-state index contributed by atoms with van der Waals surface area (Å²) < 4.78 is 0. The minimum atomic E-state index is -0.750. The molecule has 0 spiro atoms. The molecule has 0 N–H and O–H groups in total. The topological polar surface area (TPSA) is 23.1 Å². The molecular weight excluding hydrogens is 187 g/mol. The van der Waals surface area contributed by atoms with E-state index in [0.29, 0.717) is 0 Å². The Morgan fingerprint density at radius 1 is 1.00 bits per heavy atom. The number of hydrogen-bond donors (Lipinski definition) is 0. The Hall–Kier alpha value is 0.816. The Balaban J connectivity index is 0. The van der Waals surface area contributed by atoms with Crippen LogP contribution >= 0.6 is 0 Å². The predicted octanol–water partition coefficient (Wildman–Crippen LogP) is -0.856. The van der Waals surface area contributed by atoms with Gasteiger partial charge in [0, 0.05) is 0 Å². The summed E-state index contributed by atoms with van der Waals surface area (Å²) in [6.45, 7) is 6.98. The molecule has 1 rings (SSSR count). The minimum Gasteiger partial charge on any atom is -0.850 e. The van der Waals surface area contributed by atoms with E-state index in [2.05, 4.69) is 19.1 Å². The van der Waals surface area contributed by atoms with Crippen molar-refractivity contribution in [1.82, 2.24) is 0 Å². The normalized spacial score (nSPS) is 9.31. The fourth-order valence-electron chi connectivity index (χ4n) is 0.534. The Labute approximate surface area is 124 Å². The molecule has 0 saturated heterocycles. The first kappa shape index (κ1) is 16.3. The zero-order valence-electron chi connectivity index (χ0n) is 9.29. The van der Waals surface area contributed by atoms with Crippen molar-refractivity contribution < 1.29 is 56.5 Å². The molecule has 0 unspecified atom stereocenters. The average molecular weight is 204 g/mol. The van der Waals surface area contributed by atoms with Crippen molar-refractivity contribution in [3.05, 3.63) is 35.9 Å². The maximum absolute atomic E-state index is 10.1. The largest absolute Gasteiger partial charge is 1.00 e. The molecule has 0 radical (unpaired) electrons. The first-order valence-corrected chi connectivity index (χ1v) is 4.11. The van der Waals surface area contributed by atoms with E-state index >= 15 is 0 Å². The molecular formula is C11H17KO. The smallest absolute Gasteiger partial charge is 0.850 e. The fraction of sp³-hybridized carbons (Fsp3) is 0.455. The average Bonchev–Trinajstić information content (AvgIpc) is 1.85. The van der Waals surface area contributed by atoms with Crippen LogP contribution in [0.15, 0.2) is 30.3 Å². The second-order valence-electron chi connectivity index (χ2n) is 3.77. The molecule has 0 heterocycles. The maximum atomic E-state index is 10.1. The third kappa shape index (κ3) is 19.3. The first-order chi connectivity index (χ1) is 5.39. The summed E-state index contributed by atoms with van der Waals surface area (Å²) in [5, 5.41) is 10.1. The third-order valence-corrected chi connectivity index (χ3v) is 0.940. The van der Waals surface area contributed by atoms with E-state index in [4.69, 9.17) is 0 Å². The van der Waals surface area contributed by atoms with Crippen molar-refractivity contribution >= 4 is 0 Å². The van der Waals surface area contributed by atoms with Gasteiger partial charge in [-0.05, 0) is 6.92 Å². The van der Waals surface area contributed by atoms with Crippen LogP contribution < -0.4 is 56.5 Å². The third-order valence-electron chi connectivity index (χ3n) is 0.940. The van der Waals surface area contributed by atoms with Gasteiger partial charge < -0.3 is 5.11 Å². The van der Waals surface area contributed by atoms with Gasteiger partial charge in [-0.15, -0.1) is 5.60 Å². The van der Waals surface area contributed by atoms with E-state index in [1.807, 2.05) is 18.2 Å². The number of hydrogen-bond acceptors (Lipinski definition) is 1. The van der Waals surface area contributed by atoms with Crippen molar-refractivity contribution in [2.24, 2.45) is 0 Å². The molecule has 0 amide bonds. The van der Waals surface area contributed by atoms with E-state index in [1.54, 1.807) is 20.8 Å². The predicted molar refractivity (Wildman–Crippen MR) is 50.9 cm³/mol. The van der Waals surface area contributed by atoms with Crippen LogP contribution in [0.3, 0.4) is 0 Å². The van der Waals surface area contributed by atoms with Gasteiger partial charge in [0.2, 0.25) is 0 Å². The van der Waals surface area contributed by atoms with Crippen molar-refractivity contribution in [2.75, 3.05) is 0 Å². The number of benzene rings is 1. The Morgan fingerprint density at radius 3 is 1.46 bits per heavy atom.